The number of aromatic nitrogens is 2. The second kappa shape index (κ2) is 8.92. The van der Waals surface area contributed by atoms with Crippen LogP contribution < -0.4 is 10.9 Å². The zero-order chi connectivity index (χ0) is 19.4. The molecule has 3 rings (SSSR count). The summed E-state index contributed by atoms with van der Waals surface area (Å²) in [5, 5.41) is 14.8. The van der Waals surface area contributed by atoms with Crippen LogP contribution in [-0.4, -0.2) is 38.7 Å². The van der Waals surface area contributed by atoms with E-state index in [9.17, 15) is 14.7 Å². The van der Waals surface area contributed by atoms with Gasteiger partial charge in [-0.2, -0.15) is 0 Å². The topological polar surface area (TPSA) is 84.2 Å². The average Bonchev–Trinajstić information content (AvgIpc) is 3.11. The van der Waals surface area contributed by atoms with Gasteiger partial charge in [0, 0.05) is 10.6 Å². The lowest BCUT2D eigenvalue weighted by Crippen LogP contribution is -2.27. The number of rotatable bonds is 7. The number of aliphatic hydroxyl groups excluding tert-OH is 1. The number of amides is 1. The van der Waals surface area contributed by atoms with Crippen molar-refractivity contribution in [2.75, 3.05) is 17.3 Å². The van der Waals surface area contributed by atoms with Crippen LogP contribution in [0.2, 0.25) is 0 Å². The van der Waals surface area contributed by atoms with Crippen molar-refractivity contribution in [3.63, 3.8) is 0 Å². The molecule has 1 aromatic carbocycles. The fraction of sp³-hybridized carbons (Fsp3) is 0.278. The van der Waals surface area contributed by atoms with Gasteiger partial charge in [0.25, 0.3) is 5.56 Å². The molecule has 2 N–H and O–H groups in total. The van der Waals surface area contributed by atoms with Crippen LogP contribution in [0.3, 0.4) is 0 Å². The minimum Gasteiger partial charge on any atom is -0.392 e. The van der Waals surface area contributed by atoms with Crippen molar-refractivity contribution in [2.45, 2.75) is 29.6 Å². The van der Waals surface area contributed by atoms with Gasteiger partial charge in [-0.1, -0.05) is 17.8 Å². The molecule has 1 amide bonds. The summed E-state index contributed by atoms with van der Waals surface area (Å²) in [6, 6.07) is 9.39. The van der Waals surface area contributed by atoms with Gasteiger partial charge in [-0.3, -0.25) is 14.2 Å². The minimum absolute atomic E-state index is 0.116. The molecule has 6 nitrogen and oxygen atoms in total. The highest BCUT2D eigenvalue weighted by molar-refractivity contribution is 7.99. The Morgan fingerprint density at radius 2 is 2.22 bits per heavy atom. The highest BCUT2D eigenvalue weighted by Gasteiger charge is 2.15. The number of hydrogen-bond donors (Lipinski definition) is 2. The monoisotopic (exact) mass is 421 g/mol. The van der Waals surface area contributed by atoms with Gasteiger partial charge in [-0.05, 0) is 42.8 Å². The maximum atomic E-state index is 12.7. The summed E-state index contributed by atoms with van der Waals surface area (Å²) in [4.78, 5) is 30.5. The molecule has 142 valence electrons. The number of nitrogens with one attached hydrogen (secondary N) is 1. The largest absolute Gasteiger partial charge is 0.392 e. The number of anilines is 1. The van der Waals surface area contributed by atoms with Gasteiger partial charge in [0.05, 0.1) is 23.9 Å². The summed E-state index contributed by atoms with van der Waals surface area (Å²) >= 11 is 4.12. The molecule has 2 aromatic heterocycles. The average molecular weight is 422 g/mol. The maximum absolute atomic E-state index is 12.7. The Balaban J connectivity index is 1.77. The molecular weight excluding hydrogens is 402 g/mol. The molecule has 1 atom stereocenters. The standard InChI is InChI=1S/C18H19N3O3S3/c1-11(22)9-21-17(24)16-14(6-7-26-16)20-18(21)27-10-15(23)19-12-4-3-5-13(8-12)25-2/h3-8,11,22H,9-10H2,1-2H3,(H,19,23)/t11-/m0/s1. The predicted octanol–water partition coefficient (Wildman–Crippen LogP) is 3.29. The summed E-state index contributed by atoms with van der Waals surface area (Å²) < 4.78 is 1.99. The zero-order valence-corrected chi connectivity index (χ0v) is 17.3. The SMILES string of the molecule is CSc1cccc(NC(=O)CSc2nc3ccsc3c(=O)n2C[C@H](C)O)c1. The number of thiophene rings is 1. The Hall–Kier alpha value is -1.81. The van der Waals surface area contributed by atoms with Gasteiger partial charge in [0.2, 0.25) is 5.91 Å². The summed E-state index contributed by atoms with van der Waals surface area (Å²) in [5.74, 6) is -0.0627. The number of benzene rings is 1. The third kappa shape index (κ3) is 4.92. The van der Waals surface area contributed by atoms with Crippen molar-refractivity contribution < 1.29 is 9.90 Å². The van der Waals surface area contributed by atoms with E-state index >= 15 is 0 Å². The second-order valence-electron chi connectivity index (χ2n) is 5.86. The number of hydrogen-bond acceptors (Lipinski definition) is 7. The Morgan fingerprint density at radius 1 is 1.41 bits per heavy atom. The first-order valence-corrected chi connectivity index (χ1v) is 11.3. The Labute approximate surface area is 169 Å². The quantitative estimate of drug-likeness (QED) is 0.450. The van der Waals surface area contributed by atoms with Crippen LogP contribution in [-0.2, 0) is 11.3 Å². The van der Waals surface area contributed by atoms with Gasteiger partial charge in [0.1, 0.15) is 4.70 Å². The molecule has 0 bridgehead atoms. The molecule has 2 heterocycles. The van der Waals surface area contributed by atoms with Crippen LogP contribution in [0.25, 0.3) is 10.2 Å². The van der Waals surface area contributed by atoms with Crippen molar-refractivity contribution >= 4 is 56.7 Å². The lowest BCUT2D eigenvalue weighted by atomic mass is 10.3. The number of thioether (sulfide) groups is 2. The lowest BCUT2D eigenvalue weighted by molar-refractivity contribution is -0.113. The Kier molecular flexibility index (Phi) is 6.59. The fourth-order valence-corrected chi connectivity index (χ4v) is 4.53. The molecule has 0 saturated carbocycles. The molecule has 0 aliphatic carbocycles. The van der Waals surface area contributed by atoms with E-state index in [-0.39, 0.29) is 23.8 Å². The number of fused-ring (bicyclic) bond motifs is 1. The summed E-state index contributed by atoms with van der Waals surface area (Å²) in [7, 11) is 0. The predicted molar refractivity (Wildman–Crippen MR) is 113 cm³/mol. The van der Waals surface area contributed by atoms with E-state index < -0.39 is 6.10 Å². The molecular formula is C18H19N3O3S3. The number of carbonyl (C=O) groups is 1. The van der Waals surface area contributed by atoms with Crippen LogP contribution >= 0.6 is 34.9 Å². The first-order chi connectivity index (χ1) is 13.0. The van der Waals surface area contributed by atoms with Crippen LogP contribution in [0.1, 0.15) is 6.92 Å². The maximum Gasteiger partial charge on any atom is 0.272 e. The highest BCUT2D eigenvalue weighted by Crippen LogP contribution is 2.22. The molecule has 0 aliphatic rings. The molecule has 0 unspecified atom stereocenters. The first kappa shape index (κ1) is 19.9. The molecule has 0 radical (unpaired) electrons. The van der Waals surface area contributed by atoms with E-state index in [0.717, 1.165) is 10.6 Å². The van der Waals surface area contributed by atoms with Crippen LogP contribution in [0, 0.1) is 0 Å². The van der Waals surface area contributed by atoms with Crippen LogP contribution in [0.5, 0.6) is 0 Å². The molecule has 0 aliphatic heterocycles. The Morgan fingerprint density at radius 3 is 2.96 bits per heavy atom. The van der Waals surface area contributed by atoms with E-state index in [1.54, 1.807) is 24.8 Å². The molecule has 3 aromatic rings. The third-order valence-corrected chi connectivity index (χ3v) is 6.26. The van der Waals surface area contributed by atoms with E-state index in [1.807, 2.05) is 35.9 Å². The first-order valence-electron chi connectivity index (χ1n) is 8.20. The third-order valence-electron chi connectivity index (χ3n) is 3.66. The highest BCUT2D eigenvalue weighted by atomic mass is 32.2. The normalized spacial score (nSPS) is 12.3. The van der Waals surface area contributed by atoms with Gasteiger partial charge < -0.3 is 10.4 Å². The number of carbonyl (C=O) groups excluding carboxylic acids is 1. The second-order valence-corrected chi connectivity index (χ2v) is 8.60. The van der Waals surface area contributed by atoms with Crippen LogP contribution in [0.4, 0.5) is 5.69 Å². The molecule has 9 heteroatoms. The number of aliphatic hydroxyl groups is 1. The summed E-state index contributed by atoms with van der Waals surface area (Å²) in [6.45, 7) is 1.75. The zero-order valence-electron chi connectivity index (χ0n) is 14.8. The van der Waals surface area contributed by atoms with Crippen molar-refractivity contribution in [1.82, 2.24) is 9.55 Å². The molecule has 0 spiro atoms. The summed E-state index contributed by atoms with van der Waals surface area (Å²) in [6.07, 6.45) is 1.29. The molecule has 27 heavy (non-hydrogen) atoms. The van der Waals surface area contributed by atoms with Crippen molar-refractivity contribution in [3.05, 3.63) is 46.1 Å². The molecule has 0 fully saturated rings. The smallest absolute Gasteiger partial charge is 0.272 e. The van der Waals surface area contributed by atoms with E-state index in [4.69, 9.17) is 0 Å². The fourth-order valence-electron chi connectivity index (χ4n) is 2.49. The van der Waals surface area contributed by atoms with Gasteiger partial charge >= 0.3 is 0 Å². The van der Waals surface area contributed by atoms with E-state index in [1.165, 1.54) is 27.7 Å². The van der Waals surface area contributed by atoms with E-state index in [0.29, 0.717) is 15.4 Å². The Bertz CT molecular complexity index is 1010. The van der Waals surface area contributed by atoms with Crippen molar-refractivity contribution in [1.29, 1.82) is 0 Å². The molecule has 0 saturated heterocycles. The number of nitrogens with zero attached hydrogens (tertiary/aromatic N) is 2. The lowest BCUT2D eigenvalue weighted by Gasteiger charge is -2.13. The van der Waals surface area contributed by atoms with Gasteiger partial charge in [0.15, 0.2) is 5.16 Å². The van der Waals surface area contributed by atoms with Crippen molar-refractivity contribution in [3.8, 4) is 0 Å². The van der Waals surface area contributed by atoms with E-state index in [2.05, 4.69) is 10.3 Å². The van der Waals surface area contributed by atoms with Crippen LogP contribution in [0.15, 0.2) is 50.6 Å². The summed E-state index contributed by atoms with van der Waals surface area (Å²) in [5.41, 5.74) is 1.16. The van der Waals surface area contributed by atoms with Crippen molar-refractivity contribution in [2.24, 2.45) is 0 Å². The van der Waals surface area contributed by atoms with Gasteiger partial charge in [-0.25, -0.2) is 4.98 Å². The van der Waals surface area contributed by atoms with Gasteiger partial charge in [-0.15, -0.1) is 23.1 Å². The minimum atomic E-state index is -0.690.